The van der Waals surface area contributed by atoms with Crippen molar-refractivity contribution in [1.82, 2.24) is 4.90 Å². The molecular weight excluding hydrogens is 289 g/mol. The number of hydrogen-bond donors (Lipinski definition) is 1. The van der Waals surface area contributed by atoms with Crippen LogP contribution in [0.2, 0.25) is 0 Å². The van der Waals surface area contributed by atoms with E-state index in [0.29, 0.717) is 30.9 Å². The number of halogens is 1. The second-order valence-corrected chi connectivity index (χ2v) is 6.62. The molecule has 0 saturated carbocycles. The average molecular weight is 313 g/mol. The van der Waals surface area contributed by atoms with E-state index in [1.165, 1.54) is 11.6 Å². The molecule has 0 aliphatic carbocycles. The first kappa shape index (κ1) is 16.2. The van der Waals surface area contributed by atoms with E-state index in [9.17, 15) is 9.50 Å². The number of nitrogens with zero attached hydrogens (tertiary/aromatic N) is 1. The fourth-order valence-electron chi connectivity index (χ4n) is 3.44. The van der Waals surface area contributed by atoms with Crippen molar-refractivity contribution in [1.29, 1.82) is 0 Å². The van der Waals surface area contributed by atoms with Crippen LogP contribution in [0, 0.1) is 5.82 Å². The summed E-state index contributed by atoms with van der Waals surface area (Å²) in [6.07, 6.45) is 1.75. The minimum atomic E-state index is -0.797. The van der Waals surface area contributed by atoms with Crippen LogP contribution in [0.5, 0.6) is 0 Å². The van der Waals surface area contributed by atoms with Gasteiger partial charge in [0.15, 0.2) is 0 Å². The summed E-state index contributed by atoms with van der Waals surface area (Å²) in [7, 11) is 0. The summed E-state index contributed by atoms with van der Waals surface area (Å²) in [5, 5.41) is 10.8. The summed E-state index contributed by atoms with van der Waals surface area (Å²) in [6.45, 7) is 3.87. The number of likely N-dealkylation sites (tertiary alicyclic amines) is 1. The Bertz CT molecular complexity index is 635. The van der Waals surface area contributed by atoms with Crippen LogP contribution in [0.1, 0.15) is 36.9 Å². The van der Waals surface area contributed by atoms with Gasteiger partial charge in [-0.2, -0.15) is 0 Å². The largest absolute Gasteiger partial charge is 0.389 e. The Morgan fingerprint density at radius 1 is 1.04 bits per heavy atom. The summed E-state index contributed by atoms with van der Waals surface area (Å²) in [6, 6.07) is 17.5. The molecule has 0 bridgehead atoms. The monoisotopic (exact) mass is 313 g/mol. The molecule has 0 spiro atoms. The number of hydrogen-bond acceptors (Lipinski definition) is 2. The van der Waals surface area contributed by atoms with Gasteiger partial charge in [0.2, 0.25) is 0 Å². The van der Waals surface area contributed by atoms with Crippen molar-refractivity contribution in [2.45, 2.75) is 37.8 Å². The van der Waals surface area contributed by atoms with Crippen molar-refractivity contribution < 1.29 is 9.50 Å². The third-order valence-corrected chi connectivity index (χ3v) is 5.04. The maximum absolute atomic E-state index is 13.8. The van der Waals surface area contributed by atoms with E-state index >= 15 is 0 Å². The molecule has 2 aromatic carbocycles. The average Bonchev–Trinajstić information content (AvgIpc) is 2.58. The molecule has 1 N–H and O–H groups in total. The van der Waals surface area contributed by atoms with E-state index in [-0.39, 0.29) is 5.82 Å². The van der Waals surface area contributed by atoms with Crippen LogP contribution in [-0.4, -0.2) is 28.7 Å². The fraction of sp³-hybridized carbons (Fsp3) is 0.400. The zero-order valence-corrected chi connectivity index (χ0v) is 13.6. The SMILES string of the molecule is CC(c1ccccc1)N1CCC(O)(Cc2ccccc2F)CC1. The van der Waals surface area contributed by atoms with Crippen LogP contribution in [0.4, 0.5) is 4.39 Å². The molecule has 122 valence electrons. The van der Waals surface area contributed by atoms with E-state index in [2.05, 4.69) is 36.1 Å². The lowest BCUT2D eigenvalue weighted by molar-refractivity contribution is -0.0296. The molecule has 2 nitrogen and oxygen atoms in total. The molecule has 0 radical (unpaired) electrons. The van der Waals surface area contributed by atoms with Crippen molar-refractivity contribution in [3.05, 3.63) is 71.5 Å². The molecule has 3 rings (SSSR count). The Balaban J connectivity index is 1.62. The molecule has 1 aliphatic rings. The van der Waals surface area contributed by atoms with Gasteiger partial charge in [-0.25, -0.2) is 4.39 Å². The van der Waals surface area contributed by atoms with Crippen molar-refractivity contribution in [2.75, 3.05) is 13.1 Å². The first-order valence-corrected chi connectivity index (χ1v) is 8.32. The van der Waals surface area contributed by atoms with Crippen LogP contribution >= 0.6 is 0 Å². The van der Waals surface area contributed by atoms with Gasteiger partial charge in [-0.05, 0) is 37.0 Å². The highest BCUT2D eigenvalue weighted by molar-refractivity contribution is 5.21. The van der Waals surface area contributed by atoms with Crippen molar-refractivity contribution >= 4 is 0 Å². The van der Waals surface area contributed by atoms with E-state index < -0.39 is 5.60 Å². The number of benzene rings is 2. The molecule has 1 unspecified atom stereocenters. The quantitative estimate of drug-likeness (QED) is 0.923. The van der Waals surface area contributed by atoms with Gasteiger partial charge in [0, 0.05) is 25.6 Å². The molecule has 1 heterocycles. The van der Waals surface area contributed by atoms with Crippen LogP contribution in [-0.2, 0) is 6.42 Å². The molecule has 0 amide bonds. The predicted octanol–water partition coefficient (Wildman–Crippen LogP) is 3.96. The number of aliphatic hydroxyl groups is 1. The Hall–Kier alpha value is -1.71. The Morgan fingerprint density at radius 2 is 1.65 bits per heavy atom. The molecule has 3 heteroatoms. The lowest BCUT2D eigenvalue weighted by Crippen LogP contribution is -2.46. The molecule has 1 atom stereocenters. The lowest BCUT2D eigenvalue weighted by atomic mass is 9.84. The van der Waals surface area contributed by atoms with E-state index in [1.54, 1.807) is 12.1 Å². The van der Waals surface area contributed by atoms with Crippen molar-refractivity contribution in [2.24, 2.45) is 0 Å². The van der Waals surface area contributed by atoms with Gasteiger partial charge >= 0.3 is 0 Å². The summed E-state index contributed by atoms with van der Waals surface area (Å²) in [5.41, 5.74) is 1.11. The fourth-order valence-corrected chi connectivity index (χ4v) is 3.44. The summed E-state index contributed by atoms with van der Waals surface area (Å²) in [4.78, 5) is 2.39. The van der Waals surface area contributed by atoms with Gasteiger partial charge in [0.05, 0.1) is 5.60 Å². The van der Waals surface area contributed by atoms with Crippen molar-refractivity contribution in [3.63, 3.8) is 0 Å². The molecular formula is C20H24FNO. The molecule has 0 aromatic heterocycles. The number of piperidine rings is 1. The normalized spacial score (nSPS) is 19.4. The van der Waals surface area contributed by atoms with Gasteiger partial charge in [-0.15, -0.1) is 0 Å². The summed E-state index contributed by atoms with van der Waals surface area (Å²) >= 11 is 0. The highest BCUT2D eigenvalue weighted by Gasteiger charge is 2.34. The second kappa shape index (κ2) is 6.81. The maximum atomic E-state index is 13.8. The molecule has 1 aliphatic heterocycles. The van der Waals surface area contributed by atoms with Gasteiger partial charge in [0.1, 0.15) is 5.82 Å². The first-order chi connectivity index (χ1) is 11.1. The smallest absolute Gasteiger partial charge is 0.126 e. The van der Waals surface area contributed by atoms with Crippen molar-refractivity contribution in [3.8, 4) is 0 Å². The Morgan fingerprint density at radius 3 is 2.30 bits per heavy atom. The molecule has 1 saturated heterocycles. The van der Waals surface area contributed by atoms with E-state index in [4.69, 9.17) is 0 Å². The molecule has 23 heavy (non-hydrogen) atoms. The minimum Gasteiger partial charge on any atom is -0.389 e. The number of rotatable bonds is 4. The van der Waals surface area contributed by atoms with Crippen LogP contribution in [0.3, 0.4) is 0 Å². The molecule has 1 fully saturated rings. The Labute approximate surface area is 137 Å². The highest BCUT2D eigenvalue weighted by Crippen LogP contribution is 2.31. The van der Waals surface area contributed by atoms with Gasteiger partial charge in [0.25, 0.3) is 0 Å². The van der Waals surface area contributed by atoms with Gasteiger partial charge in [-0.1, -0.05) is 48.5 Å². The standard InChI is InChI=1S/C20H24FNO/c1-16(17-7-3-2-4-8-17)22-13-11-20(23,12-14-22)15-18-9-5-6-10-19(18)21/h2-10,16,23H,11-15H2,1H3. The van der Waals surface area contributed by atoms with Crippen LogP contribution in [0.25, 0.3) is 0 Å². The first-order valence-electron chi connectivity index (χ1n) is 8.32. The Kier molecular flexibility index (Phi) is 4.79. The summed E-state index contributed by atoms with van der Waals surface area (Å²) < 4.78 is 13.8. The third kappa shape index (κ3) is 3.80. The van der Waals surface area contributed by atoms with Crippen LogP contribution < -0.4 is 0 Å². The topological polar surface area (TPSA) is 23.5 Å². The summed E-state index contributed by atoms with van der Waals surface area (Å²) in [5.74, 6) is -0.221. The van der Waals surface area contributed by atoms with Crippen LogP contribution in [0.15, 0.2) is 54.6 Å². The zero-order chi connectivity index (χ0) is 16.3. The minimum absolute atomic E-state index is 0.221. The zero-order valence-electron chi connectivity index (χ0n) is 13.6. The molecule has 2 aromatic rings. The predicted molar refractivity (Wildman–Crippen MR) is 90.7 cm³/mol. The van der Waals surface area contributed by atoms with E-state index in [1.807, 2.05) is 12.1 Å². The van der Waals surface area contributed by atoms with Gasteiger partial charge < -0.3 is 5.11 Å². The highest BCUT2D eigenvalue weighted by atomic mass is 19.1. The third-order valence-electron chi connectivity index (χ3n) is 5.04. The van der Waals surface area contributed by atoms with Gasteiger partial charge in [-0.3, -0.25) is 4.90 Å². The maximum Gasteiger partial charge on any atom is 0.126 e. The second-order valence-electron chi connectivity index (χ2n) is 6.62. The lowest BCUT2D eigenvalue weighted by Gasteiger charge is -2.41. The van der Waals surface area contributed by atoms with E-state index in [0.717, 1.165) is 13.1 Å².